The highest BCUT2D eigenvalue weighted by atomic mass is 35.5. The van der Waals surface area contributed by atoms with Gasteiger partial charge in [-0.2, -0.15) is 5.26 Å². The van der Waals surface area contributed by atoms with E-state index in [1.165, 1.54) is 0 Å². The van der Waals surface area contributed by atoms with Crippen molar-refractivity contribution in [1.29, 1.82) is 5.26 Å². The third-order valence-corrected chi connectivity index (χ3v) is 3.62. The van der Waals surface area contributed by atoms with Crippen LogP contribution in [0, 0.1) is 18.3 Å². The molecule has 22 heavy (non-hydrogen) atoms. The zero-order valence-corrected chi connectivity index (χ0v) is 12.9. The zero-order chi connectivity index (χ0) is 15.9. The molecule has 1 amide bonds. The van der Waals surface area contributed by atoms with Gasteiger partial charge in [0, 0.05) is 29.4 Å². The number of amides is 1. The summed E-state index contributed by atoms with van der Waals surface area (Å²) in [4.78, 5) is 11.9. The average molecular weight is 314 g/mol. The lowest BCUT2D eigenvalue weighted by atomic mass is 10.2. The molecule has 0 unspecified atom stereocenters. The van der Waals surface area contributed by atoms with E-state index in [1.807, 2.05) is 19.1 Å². The summed E-state index contributed by atoms with van der Waals surface area (Å²) in [6, 6.07) is 14.6. The van der Waals surface area contributed by atoms with Crippen LogP contribution in [0.15, 0.2) is 42.5 Å². The molecule has 2 aromatic rings. The summed E-state index contributed by atoms with van der Waals surface area (Å²) >= 11 is 6.02. The van der Waals surface area contributed by atoms with Crippen molar-refractivity contribution in [2.75, 3.05) is 17.2 Å². The summed E-state index contributed by atoms with van der Waals surface area (Å²) < 4.78 is 0. The molecule has 0 saturated heterocycles. The smallest absolute Gasteiger partial charge is 0.226 e. The number of carbonyl (C=O) groups excluding carboxylic acids is 1. The molecule has 0 aliphatic rings. The largest absolute Gasteiger partial charge is 0.384 e. The Bertz CT molecular complexity index is 722. The van der Waals surface area contributed by atoms with Gasteiger partial charge in [-0.05, 0) is 42.8 Å². The van der Waals surface area contributed by atoms with Crippen molar-refractivity contribution in [2.24, 2.45) is 0 Å². The minimum absolute atomic E-state index is 0.0886. The van der Waals surface area contributed by atoms with Gasteiger partial charge in [-0.15, -0.1) is 0 Å². The summed E-state index contributed by atoms with van der Waals surface area (Å²) in [5, 5.41) is 15.4. The third-order valence-electron chi connectivity index (χ3n) is 3.21. The first-order valence-corrected chi connectivity index (χ1v) is 7.27. The number of nitriles is 1. The summed E-state index contributed by atoms with van der Waals surface area (Å²) in [6.45, 7) is 2.35. The Morgan fingerprint density at radius 2 is 2.05 bits per heavy atom. The summed E-state index contributed by atoms with van der Waals surface area (Å²) in [5.41, 5.74) is 2.99. The molecule has 0 aliphatic heterocycles. The van der Waals surface area contributed by atoms with Gasteiger partial charge in [-0.3, -0.25) is 4.79 Å². The Balaban J connectivity index is 1.85. The van der Waals surface area contributed by atoms with Crippen LogP contribution in [0.3, 0.4) is 0 Å². The number of carbonyl (C=O) groups is 1. The van der Waals surface area contributed by atoms with Crippen molar-refractivity contribution in [2.45, 2.75) is 13.3 Å². The number of halogens is 1. The van der Waals surface area contributed by atoms with Gasteiger partial charge in [0.1, 0.15) is 0 Å². The Morgan fingerprint density at radius 1 is 1.27 bits per heavy atom. The molecule has 112 valence electrons. The van der Waals surface area contributed by atoms with E-state index in [1.54, 1.807) is 30.3 Å². The van der Waals surface area contributed by atoms with Gasteiger partial charge in [0.05, 0.1) is 11.6 Å². The molecule has 0 heterocycles. The normalized spacial score (nSPS) is 9.86. The van der Waals surface area contributed by atoms with Crippen molar-refractivity contribution >= 4 is 28.9 Å². The van der Waals surface area contributed by atoms with Gasteiger partial charge in [0.15, 0.2) is 0 Å². The molecule has 2 N–H and O–H groups in total. The van der Waals surface area contributed by atoms with Gasteiger partial charge >= 0.3 is 0 Å². The van der Waals surface area contributed by atoms with E-state index in [0.717, 1.165) is 16.9 Å². The van der Waals surface area contributed by atoms with E-state index < -0.39 is 0 Å². The SMILES string of the molecule is Cc1c(Cl)cccc1NC(=O)CCNc1cccc(C#N)c1. The molecule has 0 saturated carbocycles. The minimum atomic E-state index is -0.0886. The van der Waals surface area contributed by atoms with Crippen LogP contribution in [-0.2, 0) is 4.79 Å². The van der Waals surface area contributed by atoms with Gasteiger partial charge < -0.3 is 10.6 Å². The van der Waals surface area contributed by atoms with Crippen molar-refractivity contribution in [3.8, 4) is 6.07 Å². The number of rotatable bonds is 5. The molecule has 0 aromatic heterocycles. The number of nitrogens with one attached hydrogen (secondary N) is 2. The van der Waals surface area contributed by atoms with Crippen molar-refractivity contribution in [3.63, 3.8) is 0 Å². The summed E-state index contributed by atoms with van der Waals surface area (Å²) in [7, 11) is 0. The molecule has 0 radical (unpaired) electrons. The van der Waals surface area contributed by atoms with Crippen LogP contribution < -0.4 is 10.6 Å². The fourth-order valence-electron chi connectivity index (χ4n) is 1.97. The first-order chi connectivity index (χ1) is 10.6. The van der Waals surface area contributed by atoms with Crippen molar-refractivity contribution < 1.29 is 4.79 Å². The Hall–Kier alpha value is -2.51. The van der Waals surface area contributed by atoms with Crippen LogP contribution in [0.4, 0.5) is 11.4 Å². The van der Waals surface area contributed by atoms with E-state index in [-0.39, 0.29) is 5.91 Å². The molecule has 0 spiro atoms. The van der Waals surface area contributed by atoms with Crippen molar-refractivity contribution in [3.05, 3.63) is 58.6 Å². The maximum atomic E-state index is 11.9. The highest BCUT2D eigenvalue weighted by Crippen LogP contribution is 2.22. The van der Waals surface area contributed by atoms with Crippen LogP contribution in [0.1, 0.15) is 17.5 Å². The highest BCUT2D eigenvalue weighted by Gasteiger charge is 2.06. The molecule has 0 fully saturated rings. The van der Waals surface area contributed by atoms with Crippen LogP contribution in [0.2, 0.25) is 5.02 Å². The van der Waals surface area contributed by atoms with E-state index in [9.17, 15) is 4.79 Å². The van der Waals surface area contributed by atoms with Gasteiger partial charge in [0.2, 0.25) is 5.91 Å². The number of hydrogen-bond acceptors (Lipinski definition) is 3. The number of anilines is 2. The summed E-state index contributed by atoms with van der Waals surface area (Å²) in [6.07, 6.45) is 0.322. The van der Waals surface area contributed by atoms with Gasteiger partial charge in [0.25, 0.3) is 0 Å². The molecule has 5 heteroatoms. The average Bonchev–Trinajstić information content (AvgIpc) is 2.52. The Morgan fingerprint density at radius 3 is 2.82 bits per heavy atom. The number of benzene rings is 2. The molecule has 2 aromatic carbocycles. The first-order valence-electron chi connectivity index (χ1n) is 6.89. The van der Waals surface area contributed by atoms with E-state index in [0.29, 0.717) is 23.6 Å². The van der Waals surface area contributed by atoms with Gasteiger partial charge in [-0.25, -0.2) is 0 Å². The summed E-state index contributed by atoms with van der Waals surface area (Å²) in [5.74, 6) is -0.0886. The molecular formula is C17H16ClN3O. The molecule has 0 aliphatic carbocycles. The second-order valence-corrected chi connectivity index (χ2v) is 5.24. The van der Waals surface area contributed by atoms with Crippen LogP contribution in [0.25, 0.3) is 0 Å². The fraction of sp³-hybridized carbons (Fsp3) is 0.176. The van der Waals surface area contributed by atoms with Crippen LogP contribution in [-0.4, -0.2) is 12.5 Å². The van der Waals surface area contributed by atoms with E-state index in [2.05, 4.69) is 16.7 Å². The standard InChI is InChI=1S/C17H16ClN3O/c1-12-15(18)6-3-7-16(12)21-17(22)8-9-20-14-5-2-4-13(10-14)11-19/h2-7,10,20H,8-9H2,1H3,(H,21,22). The Kier molecular flexibility index (Phi) is 5.40. The minimum Gasteiger partial charge on any atom is -0.384 e. The number of nitrogens with zero attached hydrogens (tertiary/aromatic N) is 1. The predicted molar refractivity (Wildman–Crippen MR) is 89.1 cm³/mol. The van der Waals surface area contributed by atoms with Gasteiger partial charge in [-0.1, -0.05) is 23.7 Å². The lowest BCUT2D eigenvalue weighted by Gasteiger charge is -2.10. The molecule has 0 bridgehead atoms. The predicted octanol–water partition coefficient (Wildman–Crippen LogP) is 3.96. The van der Waals surface area contributed by atoms with Crippen LogP contribution >= 0.6 is 11.6 Å². The number of hydrogen-bond donors (Lipinski definition) is 2. The van der Waals surface area contributed by atoms with Crippen LogP contribution in [0.5, 0.6) is 0 Å². The monoisotopic (exact) mass is 313 g/mol. The quantitative estimate of drug-likeness (QED) is 0.878. The first kappa shape index (κ1) is 15.9. The Labute approximate surface area is 134 Å². The molecule has 2 rings (SSSR count). The second-order valence-electron chi connectivity index (χ2n) is 4.83. The topological polar surface area (TPSA) is 64.9 Å². The zero-order valence-electron chi connectivity index (χ0n) is 12.2. The maximum Gasteiger partial charge on any atom is 0.226 e. The third kappa shape index (κ3) is 4.24. The van der Waals surface area contributed by atoms with E-state index >= 15 is 0 Å². The second kappa shape index (κ2) is 7.48. The van der Waals surface area contributed by atoms with E-state index in [4.69, 9.17) is 16.9 Å². The highest BCUT2D eigenvalue weighted by molar-refractivity contribution is 6.31. The van der Waals surface area contributed by atoms with Crippen molar-refractivity contribution in [1.82, 2.24) is 0 Å². The molecule has 4 nitrogen and oxygen atoms in total. The lowest BCUT2D eigenvalue weighted by Crippen LogP contribution is -2.16. The fourth-order valence-corrected chi connectivity index (χ4v) is 2.15. The molecular weight excluding hydrogens is 298 g/mol. The maximum absolute atomic E-state index is 11.9. The lowest BCUT2D eigenvalue weighted by molar-refractivity contribution is -0.115. The molecule has 0 atom stereocenters.